The standard InChI is InChI=1S/C8H11/c1-3-7-5-2-6-8(7)4-1/h1-3,7-8H,4-6H2. The molecule has 43 valence electrons. The van der Waals surface area contributed by atoms with Crippen molar-refractivity contribution in [1.29, 1.82) is 0 Å². The summed E-state index contributed by atoms with van der Waals surface area (Å²) in [5, 5.41) is 0. The van der Waals surface area contributed by atoms with Crippen LogP contribution in [0.2, 0.25) is 0 Å². The zero-order valence-electron chi connectivity index (χ0n) is 5.01. The maximum absolute atomic E-state index is 2.43. The Hall–Kier alpha value is -0.260. The van der Waals surface area contributed by atoms with Crippen LogP contribution >= 0.6 is 0 Å². The molecule has 0 bridgehead atoms. The lowest BCUT2D eigenvalue weighted by atomic mass is 10.0. The lowest BCUT2D eigenvalue weighted by Crippen LogP contribution is -1.96. The van der Waals surface area contributed by atoms with Crippen molar-refractivity contribution in [1.82, 2.24) is 0 Å². The molecule has 2 unspecified atom stereocenters. The van der Waals surface area contributed by atoms with Crippen molar-refractivity contribution in [2.75, 3.05) is 0 Å². The van der Waals surface area contributed by atoms with Crippen LogP contribution in [0.4, 0.5) is 0 Å². The average Bonchev–Trinajstić information content (AvgIpc) is 2.15. The molecule has 2 aliphatic rings. The number of fused-ring (bicyclic) bond motifs is 1. The van der Waals surface area contributed by atoms with Crippen LogP contribution in [0.15, 0.2) is 12.2 Å². The monoisotopic (exact) mass is 107 g/mol. The van der Waals surface area contributed by atoms with E-state index in [1.54, 1.807) is 0 Å². The predicted octanol–water partition coefficient (Wildman–Crippen LogP) is 2.18. The highest BCUT2D eigenvalue weighted by molar-refractivity contribution is 5.07. The third-order valence-corrected chi connectivity index (χ3v) is 2.34. The Morgan fingerprint density at radius 1 is 1.12 bits per heavy atom. The molecule has 0 amide bonds. The molecule has 0 aromatic heterocycles. The van der Waals surface area contributed by atoms with Gasteiger partial charge in [0.2, 0.25) is 0 Å². The lowest BCUT2D eigenvalue weighted by molar-refractivity contribution is 0.497. The maximum atomic E-state index is 2.43. The molecule has 0 aliphatic heterocycles. The molecule has 2 atom stereocenters. The van der Waals surface area contributed by atoms with Crippen LogP contribution in [0, 0.1) is 18.3 Å². The third-order valence-electron chi connectivity index (χ3n) is 2.34. The molecular formula is C8H11. The van der Waals surface area contributed by atoms with E-state index < -0.39 is 0 Å². The number of allylic oxidation sites excluding steroid dienone is 2. The van der Waals surface area contributed by atoms with Crippen LogP contribution in [0.3, 0.4) is 0 Å². The fourth-order valence-corrected chi connectivity index (χ4v) is 1.80. The van der Waals surface area contributed by atoms with E-state index >= 15 is 0 Å². The summed E-state index contributed by atoms with van der Waals surface area (Å²) in [7, 11) is 0. The summed E-state index contributed by atoms with van der Waals surface area (Å²) in [5.74, 6) is 1.95. The summed E-state index contributed by atoms with van der Waals surface area (Å²) in [4.78, 5) is 0. The van der Waals surface area contributed by atoms with Gasteiger partial charge in [-0.3, -0.25) is 0 Å². The van der Waals surface area contributed by atoms with Crippen molar-refractivity contribution < 1.29 is 0 Å². The van der Waals surface area contributed by atoms with Crippen LogP contribution in [-0.4, -0.2) is 0 Å². The van der Waals surface area contributed by atoms with Gasteiger partial charge in [-0.25, -0.2) is 0 Å². The van der Waals surface area contributed by atoms with Gasteiger partial charge in [-0.1, -0.05) is 12.2 Å². The smallest absolute Gasteiger partial charge is 0.0199 e. The summed E-state index contributed by atoms with van der Waals surface area (Å²) in [6, 6.07) is 0. The van der Waals surface area contributed by atoms with Crippen LogP contribution in [0.1, 0.15) is 19.3 Å². The van der Waals surface area contributed by atoms with Gasteiger partial charge < -0.3 is 0 Å². The summed E-state index contributed by atoms with van der Waals surface area (Å²) in [5.41, 5.74) is 0. The molecule has 2 aliphatic carbocycles. The Labute approximate surface area is 50.6 Å². The zero-order valence-corrected chi connectivity index (χ0v) is 5.01. The largest absolute Gasteiger partial charge is 0.0880 e. The van der Waals surface area contributed by atoms with Gasteiger partial charge in [0.25, 0.3) is 0 Å². The van der Waals surface area contributed by atoms with Crippen LogP contribution in [0.25, 0.3) is 0 Å². The van der Waals surface area contributed by atoms with Crippen molar-refractivity contribution in [3.63, 3.8) is 0 Å². The minimum atomic E-state index is 0.940. The van der Waals surface area contributed by atoms with E-state index in [4.69, 9.17) is 0 Å². The highest BCUT2D eigenvalue weighted by Crippen LogP contribution is 2.38. The number of hydrogen-bond donors (Lipinski definition) is 0. The summed E-state index contributed by atoms with van der Waals surface area (Å²) < 4.78 is 0. The summed E-state index contributed by atoms with van der Waals surface area (Å²) in [6.07, 6.45) is 11.2. The molecule has 8 heavy (non-hydrogen) atoms. The van der Waals surface area contributed by atoms with Gasteiger partial charge in [0.1, 0.15) is 0 Å². The molecule has 2 rings (SSSR count). The highest BCUT2D eigenvalue weighted by Gasteiger charge is 2.27. The molecule has 0 aromatic rings. The second-order valence-electron chi connectivity index (χ2n) is 2.85. The molecule has 0 aromatic carbocycles. The van der Waals surface area contributed by atoms with Crippen molar-refractivity contribution in [2.45, 2.75) is 19.3 Å². The molecule has 0 nitrogen and oxygen atoms in total. The normalized spacial score (nSPS) is 43.0. The first kappa shape index (κ1) is 4.60. The van der Waals surface area contributed by atoms with E-state index in [1.165, 1.54) is 19.3 Å². The van der Waals surface area contributed by atoms with E-state index in [0.717, 1.165) is 11.8 Å². The van der Waals surface area contributed by atoms with E-state index in [9.17, 15) is 0 Å². The highest BCUT2D eigenvalue weighted by atomic mass is 14.3. The predicted molar refractivity (Wildman–Crippen MR) is 34.3 cm³/mol. The molecule has 1 fully saturated rings. The summed E-state index contributed by atoms with van der Waals surface area (Å²) >= 11 is 0. The Bertz CT molecular complexity index is 113. The minimum Gasteiger partial charge on any atom is -0.0880 e. The number of rotatable bonds is 0. The molecule has 0 N–H and O–H groups in total. The summed E-state index contributed by atoms with van der Waals surface area (Å²) in [6.45, 7) is 0. The van der Waals surface area contributed by atoms with Crippen LogP contribution in [0.5, 0.6) is 0 Å². The molecule has 0 heteroatoms. The fraction of sp³-hybridized carbons (Fsp3) is 0.625. The average molecular weight is 107 g/mol. The Balaban J connectivity index is 2.13. The Morgan fingerprint density at radius 2 is 2.12 bits per heavy atom. The first-order chi connectivity index (χ1) is 3.97. The molecular weight excluding hydrogens is 96.1 g/mol. The topological polar surface area (TPSA) is 0 Å². The van der Waals surface area contributed by atoms with Crippen LogP contribution in [-0.2, 0) is 0 Å². The number of hydrogen-bond acceptors (Lipinski definition) is 0. The van der Waals surface area contributed by atoms with Gasteiger partial charge in [-0.15, -0.1) is 0 Å². The van der Waals surface area contributed by atoms with Gasteiger partial charge >= 0.3 is 0 Å². The Morgan fingerprint density at radius 3 is 3.00 bits per heavy atom. The van der Waals surface area contributed by atoms with Gasteiger partial charge in [0, 0.05) is 0 Å². The first-order valence-electron chi connectivity index (χ1n) is 3.45. The lowest BCUT2D eigenvalue weighted by Gasteiger charge is -2.04. The second kappa shape index (κ2) is 1.61. The first-order valence-corrected chi connectivity index (χ1v) is 3.45. The van der Waals surface area contributed by atoms with Gasteiger partial charge in [0.05, 0.1) is 0 Å². The molecule has 1 saturated carbocycles. The minimum absolute atomic E-state index is 0.940. The zero-order chi connectivity index (χ0) is 5.40. The van der Waals surface area contributed by atoms with E-state index in [0.29, 0.717) is 0 Å². The third kappa shape index (κ3) is 0.521. The second-order valence-corrected chi connectivity index (χ2v) is 2.85. The van der Waals surface area contributed by atoms with Crippen LogP contribution < -0.4 is 0 Å². The van der Waals surface area contributed by atoms with E-state index in [2.05, 4.69) is 18.6 Å². The molecule has 0 saturated heterocycles. The van der Waals surface area contributed by atoms with Crippen molar-refractivity contribution in [3.05, 3.63) is 18.6 Å². The van der Waals surface area contributed by atoms with Crippen molar-refractivity contribution in [3.8, 4) is 0 Å². The Kier molecular flexibility index (Phi) is 0.927. The van der Waals surface area contributed by atoms with E-state index in [1.807, 2.05) is 0 Å². The van der Waals surface area contributed by atoms with Crippen molar-refractivity contribution in [2.24, 2.45) is 11.8 Å². The van der Waals surface area contributed by atoms with Crippen molar-refractivity contribution >= 4 is 0 Å². The SMILES string of the molecule is [CH]1CC2C=CCC2C1. The maximum Gasteiger partial charge on any atom is -0.0199 e. The van der Waals surface area contributed by atoms with Gasteiger partial charge in [0.15, 0.2) is 0 Å². The molecule has 0 heterocycles. The quantitative estimate of drug-likeness (QED) is 0.416. The molecule has 1 radical (unpaired) electrons. The fourth-order valence-electron chi connectivity index (χ4n) is 1.80. The van der Waals surface area contributed by atoms with Gasteiger partial charge in [-0.2, -0.15) is 0 Å². The van der Waals surface area contributed by atoms with Gasteiger partial charge in [-0.05, 0) is 37.5 Å². The van der Waals surface area contributed by atoms with E-state index in [-0.39, 0.29) is 0 Å². The molecule has 0 spiro atoms.